The summed E-state index contributed by atoms with van der Waals surface area (Å²) in [4.78, 5) is 11.6. The lowest BCUT2D eigenvalue weighted by Gasteiger charge is -2.10. The molecule has 16 heavy (non-hydrogen) atoms. The molecule has 1 aliphatic rings. The zero-order chi connectivity index (χ0) is 12.1. The molecule has 1 aliphatic carbocycles. The summed E-state index contributed by atoms with van der Waals surface area (Å²) in [5.74, 6) is 1.29. The fraction of sp³-hybridized carbons (Fsp3) is 0.583. The predicted octanol–water partition coefficient (Wildman–Crippen LogP) is 3.84. The van der Waals surface area contributed by atoms with Crippen LogP contribution in [0.5, 0.6) is 0 Å². The van der Waals surface area contributed by atoms with Gasteiger partial charge in [0.05, 0.1) is 6.61 Å². The summed E-state index contributed by atoms with van der Waals surface area (Å²) >= 11 is 11.0. The summed E-state index contributed by atoms with van der Waals surface area (Å²) in [5, 5.41) is 0. The zero-order valence-corrected chi connectivity index (χ0v) is 11.0. The molecule has 90 valence electrons. The highest BCUT2D eigenvalue weighted by molar-refractivity contribution is 6.55. The van der Waals surface area contributed by atoms with Crippen molar-refractivity contribution in [3.05, 3.63) is 22.4 Å². The van der Waals surface area contributed by atoms with E-state index < -0.39 is 0 Å². The molecule has 0 saturated heterocycles. The Balaban J connectivity index is 2.41. The van der Waals surface area contributed by atoms with Crippen molar-refractivity contribution in [2.45, 2.75) is 26.7 Å². The molecule has 0 bridgehead atoms. The summed E-state index contributed by atoms with van der Waals surface area (Å²) in [6.45, 7) is 4.80. The van der Waals surface area contributed by atoms with Gasteiger partial charge >= 0.3 is 0 Å². The van der Waals surface area contributed by atoms with Crippen LogP contribution >= 0.6 is 23.2 Å². The van der Waals surface area contributed by atoms with Gasteiger partial charge in [-0.1, -0.05) is 43.1 Å². The third-order valence-corrected chi connectivity index (χ3v) is 2.62. The van der Waals surface area contributed by atoms with Crippen LogP contribution in [0.4, 0.5) is 0 Å². The maximum atomic E-state index is 11.6. The Morgan fingerprint density at radius 1 is 1.62 bits per heavy atom. The molecule has 0 aromatic carbocycles. The average Bonchev–Trinajstić information content (AvgIpc) is 2.53. The summed E-state index contributed by atoms with van der Waals surface area (Å²) in [5.41, 5.74) is 0. The van der Waals surface area contributed by atoms with Crippen molar-refractivity contribution in [2.75, 3.05) is 6.61 Å². The van der Waals surface area contributed by atoms with Crippen LogP contribution in [0.2, 0.25) is 0 Å². The fourth-order valence-corrected chi connectivity index (χ4v) is 1.66. The molecule has 4 heteroatoms. The van der Waals surface area contributed by atoms with Gasteiger partial charge in [0.2, 0.25) is 0 Å². The van der Waals surface area contributed by atoms with Crippen LogP contribution in [-0.2, 0) is 9.53 Å². The van der Waals surface area contributed by atoms with E-state index in [9.17, 15) is 4.79 Å². The van der Waals surface area contributed by atoms with Crippen LogP contribution < -0.4 is 0 Å². The zero-order valence-electron chi connectivity index (χ0n) is 9.50. The van der Waals surface area contributed by atoms with Crippen LogP contribution in [0.25, 0.3) is 0 Å². The van der Waals surface area contributed by atoms with E-state index in [2.05, 4.69) is 13.8 Å². The number of allylic oxidation sites excluding steroid dienone is 3. The van der Waals surface area contributed by atoms with Crippen LogP contribution in [0.3, 0.4) is 0 Å². The third-order valence-electron chi connectivity index (χ3n) is 2.31. The molecule has 0 aromatic heterocycles. The fourth-order valence-electron chi connectivity index (χ4n) is 1.48. The highest BCUT2D eigenvalue weighted by atomic mass is 35.5. The molecule has 1 unspecified atom stereocenters. The molecule has 0 amide bonds. The third kappa shape index (κ3) is 4.58. The number of rotatable bonds is 5. The van der Waals surface area contributed by atoms with E-state index in [1.54, 1.807) is 12.2 Å². The molecular weight excluding hydrogens is 247 g/mol. The Bertz CT molecular complexity index is 315. The number of hydrogen-bond donors (Lipinski definition) is 0. The van der Waals surface area contributed by atoms with Gasteiger partial charge < -0.3 is 4.74 Å². The van der Waals surface area contributed by atoms with Crippen molar-refractivity contribution in [1.82, 2.24) is 0 Å². The topological polar surface area (TPSA) is 26.3 Å². The Morgan fingerprint density at radius 3 is 2.88 bits per heavy atom. The normalized spacial score (nSPS) is 19.9. The first-order valence-electron chi connectivity index (χ1n) is 5.37. The maximum absolute atomic E-state index is 11.6. The molecule has 0 fully saturated rings. The minimum atomic E-state index is -0.0605. The lowest BCUT2D eigenvalue weighted by molar-refractivity contribution is -0.117. The largest absolute Gasteiger partial charge is 0.498 e. The number of carbonyl (C=O) groups excluding carboxylic acids is 1. The maximum Gasteiger partial charge on any atom is 0.162 e. The van der Waals surface area contributed by atoms with E-state index in [0.717, 1.165) is 5.76 Å². The SMILES string of the molecule is CC(C)COC1=CC(=O)C(CC=C(Cl)Cl)C1. The van der Waals surface area contributed by atoms with Crippen LogP contribution in [0, 0.1) is 11.8 Å². The van der Waals surface area contributed by atoms with Crippen molar-refractivity contribution in [3.8, 4) is 0 Å². The number of ketones is 1. The van der Waals surface area contributed by atoms with Gasteiger partial charge in [-0.2, -0.15) is 0 Å². The first-order valence-corrected chi connectivity index (χ1v) is 6.13. The molecule has 0 N–H and O–H groups in total. The first-order chi connectivity index (χ1) is 7.49. The minimum absolute atomic E-state index is 0.0605. The van der Waals surface area contributed by atoms with Crippen molar-refractivity contribution in [3.63, 3.8) is 0 Å². The minimum Gasteiger partial charge on any atom is -0.498 e. The number of ether oxygens (including phenoxy) is 1. The van der Waals surface area contributed by atoms with Crippen molar-refractivity contribution in [2.24, 2.45) is 11.8 Å². The van der Waals surface area contributed by atoms with Gasteiger partial charge in [-0.3, -0.25) is 4.79 Å². The Labute approximate surface area is 106 Å². The van der Waals surface area contributed by atoms with Gasteiger partial charge in [-0.05, 0) is 12.3 Å². The first kappa shape index (κ1) is 13.6. The summed E-state index contributed by atoms with van der Waals surface area (Å²) in [7, 11) is 0. The van der Waals surface area contributed by atoms with Gasteiger partial charge in [-0.15, -0.1) is 0 Å². The van der Waals surface area contributed by atoms with Gasteiger partial charge in [0, 0.05) is 18.4 Å². The molecule has 0 radical (unpaired) electrons. The van der Waals surface area contributed by atoms with Crippen molar-refractivity contribution < 1.29 is 9.53 Å². The molecule has 1 rings (SSSR count). The summed E-state index contributed by atoms with van der Waals surface area (Å²) in [6, 6.07) is 0. The van der Waals surface area contributed by atoms with Crippen LogP contribution in [-0.4, -0.2) is 12.4 Å². The molecule has 2 nitrogen and oxygen atoms in total. The number of carbonyl (C=O) groups is 1. The standard InChI is InChI=1S/C12H16Cl2O2/c1-8(2)7-16-10-5-9(11(15)6-10)3-4-12(13)14/h4,6,8-9H,3,5,7H2,1-2H3. The van der Waals surface area contributed by atoms with E-state index in [-0.39, 0.29) is 16.2 Å². The van der Waals surface area contributed by atoms with Crippen LogP contribution in [0.1, 0.15) is 26.7 Å². The molecule has 1 atom stereocenters. The molecule has 0 saturated carbocycles. The Hall–Kier alpha value is -0.470. The number of hydrogen-bond acceptors (Lipinski definition) is 2. The van der Waals surface area contributed by atoms with E-state index in [1.165, 1.54) is 0 Å². The predicted molar refractivity (Wildman–Crippen MR) is 66.4 cm³/mol. The molecular formula is C12H16Cl2O2. The number of halogens is 2. The Morgan fingerprint density at radius 2 is 2.31 bits per heavy atom. The summed E-state index contributed by atoms with van der Waals surface area (Å²) in [6.07, 6.45) is 4.48. The quantitative estimate of drug-likeness (QED) is 0.753. The van der Waals surface area contributed by atoms with E-state index in [4.69, 9.17) is 27.9 Å². The van der Waals surface area contributed by atoms with E-state index in [1.807, 2.05) is 0 Å². The van der Waals surface area contributed by atoms with Gasteiger partial charge in [0.25, 0.3) is 0 Å². The second-order valence-corrected chi connectivity index (χ2v) is 5.36. The molecule has 0 aliphatic heterocycles. The van der Waals surface area contributed by atoms with Crippen LogP contribution in [0.15, 0.2) is 22.4 Å². The monoisotopic (exact) mass is 262 g/mol. The van der Waals surface area contributed by atoms with Gasteiger partial charge in [-0.25, -0.2) is 0 Å². The summed E-state index contributed by atoms with van der Waals surface area (Å²) < 4.78 is 5.74. The average molecular weight is 263 g/mol. The molecule has 0 heterocycles. The van der Waals surface area contributed by atoms with Gasteiger partial charge in [0.1, 0.15) is 10.3 Å². The van der Waals surface area contributed by atoms with Crippen molar-refractivity contribution in [1.29, 1.82) is 0 Å². The highest BCUT2D eigenvalue weighted by Gasteiger charge is 2.25. The molecule has 0 aromatic rings. The van der Waals surface area contributed by atoms with E-state index >= 15 is 0 Å². The Kier molecular flexibility index (Phi) is 5.36. The second-order valence-electron chi connectivity index (χ2n) is 4.35. The lowest BCUT2D eigenvalue weighted by atomic mass is 10.0. The highest BCUT2D eigenvalue weighted by Crippen LogP contribution is 2.27. The second kappa shape index (κ2) is 6.31. The smallest absolute Gasteiger partial charge is 0.162 e. The lowest BCUT2D eigenvalue weighted by Crippen LogP contribution is -2.05. The van der Waals surface area contributed by atoms with Gasteiger partial charge in [0.15, 0.2) is 5.78 Å². The molecule has 0 spiro atoms. The van der Waals surface area contributed by atoms with E-state index in [0.29, 0.717) is 25.4 Å². The van der Waals surface area contributed by atoms with Crippen molar-refractivity contribution >= 4 is 29.0 Å².